The van der Waals surface area contributed by atoms with E-state index in [1.54, 1.807) is 0 Å². The minimum Gasteiger partial charge on any atom is -0.314 e. The lowest BCUT2D eigenvalue weighted by molar-refractivity contribution is 0.586. The fourth-order valence-corrected chi connectivity index (χ4v) is 2.34. The summed E-state index contributed by atoms with van der Waals surface area (Å²) in [6.07, 6.45) is 6.60. The number of rotatable bonds is 7. The second kappa shape index (κ2) is 6.05. The third-order valence-electron chi connectivity index (χ3n) is 3.59. The highest BCUT2D eigenvalue weighted by molar-refractivity contribution is 5.14. The van der Waals surface area contributed by atoms with Crippen LogP contribution in [-0.2, 0) is 6.42 Å². The standard InChI is InChI=1S/C15H23N/c1-2-14-12-15(14)16-11-7-6-10-13-8-4-3-5-9-13/h3-5,8-9,14-16H,2,6-7,10-12H2,1H3. The predicted molar refractivity (Wildman–Crippen MR) is 69.6 cm³/mol. The van der Waals surface area contributed by atoms with Gasteiger partial charge >= 0.3 is 0 Å². The van der Waals surface area contributed by atoms with Crippen LogP contribution in [0.2, 0.25) is 0 Å². The third kappa shape index (κ3) is 3.64. The van der Waals surface area contributed by atoms with Crippen molar-refractivity contribution in [1.29, 1.82) is 0 Å². The molecular weight excluding hydrogens is 194 g/mol. The molecule has 0 spiro atoms. The van der Waals surface area contributed by atoms with Gasteiger partial charge in [0, 0.05) is 6.04 Å². The molecule has 1 heteroatoms. The van der Waals surface area contributed by atoms with E-state index < -0.39 is 0 Å². The minimum absolute atomic E-state index is 0.849. The number of unbranched alkanes of at least 4 members (excludes halogenated alkanes) is 1. The minimum atomic E-state index is 0.849. The van der Waals surface area contributed by atoms with E-state index in [0.29, 0.717) is 0 Å². The molecule has 2 unspecified atom stereocenters. The first-order valence-corrected chi connectivity index (χ1v) is 6.67. The first kappa shape index (κ1) is 11.7. The van der Waals surface area contributed by atoms with E-state index in [9.17, 15) is 0 Å². The Morgan fingerprint density at radius 2 is 2.00 bits per heavy atom. The van der Waals surface area contributed by atoms with E-state index >= 15 is 0 Å². The van der Waals surface area contributed by atoms with Gasteiger partial charge in [0.2, 0.25) is 0 Å². The lowest BCUT2D eigenvalue weighted by Gasteiger charge is -2.04. The van der Waals surface area contributed by atoms with Gasteiger partial charge in [-0.2, -0.15) is 0 Å². The van der Waals surface area contributed by atoms with Crippen molar-refractivity contribution >= 4 is 0 Å². The molecule has 0 aromatic heterocycles. The highest BCUT2D eigenvalue weighted by Crippen LogP contribution is 2.32. The van der Waals surface area contributed by atoms with Crippen LogP contribution >= 0.6 is 0 Å². The summed E-state index contributed by atoms with van der Waals surface area (Å²) in [5, 5.41) is 3.64. The van der Waals surface area contributed by atoms with E-state index in [1.807, 2.05) is 0 Å². The molecule has 1 aliphatic rings. The quantitative estimate of drug-likeness (QED) is 0.690. The van der Waals surface area contributed by atoms with Gasteiger partial charge in [-0.3, -0.25) is 0 Å². The molecule has 2 rings (SSSR count). The van der Waals surface area contributed by atoms with Crippen LogP contribution in [0, 0.1) is 5.92 Å². The van der Waals surface area contributed by atoms with E-state index in [1.165, 1.54) is 44.2 Å². The summed E-state index contributed by atoms with van der Waals surface area (Å²) in [6, 6.07) is 11.6. The Morgan fingerprint density at radius 3 is 2.69 bits per heavy atom. The van der Waals surface area contributed by atoms with Gasteiger partial charge in [0.05, 0.1) is 0 Å². The van der Waals surface area contributed by atoms with E-state index in [-0.39, 0.29) is 0 Å². The van der Waals surface area contributed by atoms with Gasteiger partial charge in [-0.15, -0.1) is 0 Å². The molecule has 0 aliphatic heterocycles. The number of nitrogens with one attached hydrogen (secondary N) is 1. The van der Waals surface area contributed by atoms with Gasteiger partial charge in [0.1, 0.15) is 0 Å². The summed E-state index contributed by atoms with van der Waals surface area (Å²) >= 11 is 0. The lowest BCUT2D eigenvalue weighted by atomic mass is 10.1. The molecule has 1 aromatic rings. The van der Waals surface area contributed by atoms with Gasteiger partial charge < -0.3 is 5.32 Å². The molecule has 0 radical (unpaired) electrons. The van der Waals surface area contributed by atoms with Gasteiger partial charge in [-0.05, 0) is 43.7 Å². The van der Waals surface area contributed by atoms with Crippen LogP contribution in [0.1, 0.15) is 38.2 Å². The maximum atomic E-state index is 3.64. The monoisotopic (exact) mass is 217 g/mol. The smallest absolute Gasteiger partial charge is 0.00990 e. The third-order valence-corrected chi connectivity index (χ3v) is 3.59. The maximum absolute atomic E-state index is 3.64. The molecule has 0 amide bonds. The fraction of sp³-hybridized carbons (Fsp3) is 0.600. The highest BCUT2D eigenvalue weighted by atomic mass is 15.0. The summed E-state index contributed by atoms with van der Waals surface area (Å²) in [5.74, 6) is 0.981. The zero-order chi connectivity index (χ0) is 11.2. The zero-order valence-corrected chi connectivity index (χ0v) is 10.3. The normalized spacial score (nSPS) is 23.3. The average Bonchev–Trinajstić information content (AvgIpc) is 3.09. The van der Waals surface area contributed by atoms with Crippen molar-refractivity contribution in [2.24, 2.45) is 5.92 Å². The van der Waals surface area contributed by atoms with Crippen LogP contribution < -0.4 is 5.32 Å². The van der Waals surface area contributed by atoms with Gasteiger partial charge in [-0.1, -0.05) is 43.7 Å². The Hall–Kier alpha value is -0.820. The molecule has 16 heavy (non-hydrogen) atoms. The molecule has 0 saturated heterocycles. The number of hydrogen-bond donors (Lipinski definition) is 1. The number of aryl methyl sites for hydroxylation is 1. The van der Waals surface area contributed by atoms with Gasteiger partial charge in [0.25, 0.3) is 0 Å². The molecule has 1 aromatic carbocycles. The zero-order valence-electron chi connectivity index (χ0n) is 10.3. The summed E-state index contributed by atoms with van der Waals surface area (Å²) < 4.78 is 0. The van der Waals surface area contributed by atoms with Crippen molar-refractivity contribution in [3.05, 3.63) is 35.9 Å². The Labute approximate surface area is 99.3 Å². The van der Waals surface area contributed by atoms with E-state index in [2.05, 4.69) is 42.6 Å². The second-order valence-electron chi connectivity index (χ2n) is 4.91. The largest absolute Gasteiger partial charge is 0.314 e. The van der Waals surface area contributed by atoms with Crippen molar-refractivity contribution < 1.29 is 0 Å². The average molecular weight is 217 g/mol. The van der Waals surface area contributed by atoms with E-state index in [4.69, 9.17) is 0 Å². The summed E-state index contributed by atoms with van der Waals surface area (Å²) in [4.78, 5) is 0. The van der Waals surface area contributed by atoms with Gasteiger partial charge in [-0.25, -0.2) is 0 Å². The number of hydrogen-bond acceptors (Lipinski definition) is 1. The Kier molecular flexibility index (Phi) is 4.41. The summed E-state index contributed by atoms with van der Waals surface area (Å²) in [5.41, 5.74) is 1.47. The van der Waals surface area contributed by atoms with Crippen molar-refractivity contribution in [1.82, 2.24) is 5.32 Å². The van der Waals surface area contributed by atoms with Crippen LogP contribution in [0.15, 0.2) is 30.3 Å². The molecule has 1 nitrogen and oxygen atoms in total. The molecule has 0 heterocycles. The highest BCUT2D eigenvalue weighted by Gasteiger charge is 2.34. The predicted octanol–water partition coefficient (Wildman–Crippen LogP) is 3.40. The first-order valence-electron chi connectivity index (χ1n) is 6.67. The maximum Gasteiger partial charge on any atom is 0.00990 e. The molecule has 1 saturated carbocycles. The molecule has 1 N–H and O–H groups in total. The van der Waals surface area contributed by atoms with Crippen molar-refractivity contribution in [2.45, 2.75) is 45.1 Å². The van der Waals surface area contributed by atoms with Crippen LogP contribution in [0.3, 0.4) is 0 Å². The molecule has 88 valence electrons. The molecule has 2 atom stereocenters. The van der Waals surface area contributed by atoms with Crippen LogP contribution in [0.25, 0.3) is 0 Å². The summed E-state index contributed by atoms with van der Waals surface area (Å²) in [7, 11) is 0. The van der Waals surface area contributed by atoms with Crippen LogP contribution in [0.4, 0.5) is 0 Å². The first-order chi connectivity index (χ1) is 7.90. The Morgan fingerprint density at radius 1 is 1.19 bits per heavy atom. The molecule has 0 bridgehead atoms. The topological polar surface area (TPSA) is 12.0 Å². The van der Waals surface area contributed by atoms with Crippen molar-refractivity contribution in [2.75, 3.05) is 6.54 Å². The van der Waals surface area contributed by atoms with Crippen molar-refractivity contribution in [3.8, 4) is 0 Å². The Bertz CT molecular complexity index is 294. The van der Waals surface area contributed by atoms with Crippen LogP contribution in [-0.4, -0.2) is 12.6 Å². The Balaban J connectivity index is 1.50. The SMILES string of the molecule is CCC1CC1NCCCCc1ccccc1. The van der Waals surface area contributed by atoms with Crippen molar-refractivity contribution in [3.63, 3.8) is 0 Å². The van der Waals surface area contributed by atoms with Crippen LogP contribution in [0.5, 0.6) is 0 Å². The molecule has 1 fully saturated rings. The summed E-state index contributed by atoms with van der Waals surface area (Å²) in [6.45, 7) is 3.50. The molecular formula is C15H23N. The fourth-order valence-electron chi connectivity index (χ4n) is 2.34. The number of benzene rings is 1. The van der Waals surface area contributed by atoms with Gasteiger partial charge in [0.15, 0.2) is 0 Å². The molecule has 1 aliphatic carbocycles. The second-order valence-corrected chi connectivity index (χ2v) is 4.91. The van der Waals surface area contributed by atoms with E-state index in [0.717, 1.165) is 12.0 Å². The lowest BCUT2D eigenvalue weighted by Crippen LogP contribution is -2.19.